The van der Waals surface area contributed by atoms with E-state index in [2.05, 4.69) is 34.1 Å². The first-order chi connectivity index (χ1) is 11.7. The Kier molecular flexibility index (Phi) is 3.81. The van der Waals surface area contributed by atoms with Crippen molar-refractivity contribution >= 4 is 11.5 Å². The van der Waals surface area contributed by atoms with Crippen LogP contribution in [0.15, 0.2) is 60.3 Å². The molecular weight excluding hydrogens is 303 g/mol. The van der Waals surface area contributed by atoms with E-state index >= 15 is 0 Å². The van der Waals surface area contributed by atoms with Crippen molar-refractivity contribution in [3.8, 4) is 0 Å². The number of hydrogen-bond donors (Lipinski definition) is 0. The van der Waals surface area contributed by atoms with Crippen LogP contribution in [0.25, 0.3) is 0 Å². The third-order valence-electron chi connectivity index (χ3n) is 4.76. The number of allylic oxidation sites excluding steroid dienone is 1. The van der Waals surface area contributed by atoms with Crippen LogP contribution in [0.2, 0.25) is 0 Å². The normalized spacial score (nSPS) is 19.0. The van der Waals surface area contributed by atoms with Crippen molar-refractivity contribution in [3.05, 3.63) is 77.2 Å². The predicted octanol–water partition coefficient (Wildman–Crippen LogP) is 3.27. The van der Waals surface area contributed by atoms with Gasteiger partial charge in [0.05, 0.1) is 0 Å². The van der Waals surface area contributed by atoms with Crippen molar-refractivity contribution < 1.29 is 9.18 Å². The molecule has 24 heavy (non-hydrogen) atoms. The molecule has 2 aromatic rings. The standard InChI is InChI=1S/C20H19FN2O/c21-17-7-6-15-12-16(20(24)19(15)13-17)14-22-8-10-23(11-9-22)18-4-2-1-3-5-18/h1-7,13-14H,8-12H2. The fourth-order valence-corrected chi connectivity index (χ4v) is 3.45. The van der Waals surface area contributed by atoms with Gasteiger partial charge in [-0.3, -0.25) is 4.79 Å². The van der Waals surface area contributed by atoms with Crippen LogP contribution in [0.5, 0.6) is 0 Å². The number of fused-ring (bicyclic) bond motifs is 1. The van der Waals surface area contributed by atoms with E-state index in [1.165, 1.54) is 17.8 Å². The lowest BCUT2D eigenvalue weighted by Crippen LogP contribution is -2.44. The Balaban J connectivity index is 1.44. The third-order valence-corrected chi connectivity index (χ3v) is 4.76. The molecule has 0 spiro atoms. The average Bonchev–Trinajstić information content (AvgIpc) is 2.92. The zero-order valence-corrected chi connectivity index (χ0v) is 13.4. The second-order valence-corrected chi connectivity index (χ2v) is 6.32. The number of rotatable bonds is 2. The molecule has 0 atom stereocenters. The van der Waals surface area contributed by atoms with E-state index in [1.54, 1.807) is 6.07 Å². The van der Waals surface area contributed by atoms with Gasteiger partial charge in [0.15, 0.2) is 5.78 Å². The number of nitrogens with zero attached hydrogens (tertiary/aromatic N) is 2. The molecule has 3 nitrogen and oxygen atoms in total. The summed E-state index contributed by atoms with van der Waals surface area (Å²) in [4.78, 5) is 17.0. The second kappa shape index (κ2) is 6.11. The largest absolute Gasteiger partial charge is 0.373 e. The summed E-state index contributed by atoms with van der Waals surface area (Å²) in [6.45, 7) is 3.64. The topological polar surface area (TPSA) is 23.6 Å². The van der Waals surface area contributed by atoms with Crippen LogP contribution >= 0.6 is 0 Å². The Morgan fingerprint density at radius 3 is 2.46 bits per heavy atom. The number of carbonyl (C=O) groups is 1. The first kappa shape index (κ1) is 14.9. The first-order valence-electron chi connectivity index (χ1n) is 8.28. The molecule has 0 saturated carbocycles. The highest BCUT2D eigenvalue weighted by Crippen LogP contribution is 2.27. The lowest BCUT2D eigenvalue weighted by atomic mass is 10.1. The SMILES string of the molecule is O=C1C(=CN2CCN(c3ccccc3)CC2)Cc2ccc(F)cc21. The summed E-state index contributed by atoms with van der Waals surface area (Å²) in [6, 6.07) is 14.9. The molecule has 1 saturated heterocycles. The molecule has 1 heterocycles. The van der Waals surface area contributed by atoms with Crippen molar-refractivity contribution in [2.45, 2.75) is 6.42 Å². The van der Waals surface area contributed by atoms with Gasteiger partial charge in [0.25, 0.3) is 0 Å². The number of benzene rings is 2. The maximum absolute atomic E-state index is 13.3. The summed E-state index contributed by atoms with van der Waals surface area (Å²) in [7, 11) is 0. The van der Waals surface area contributed by atoms with Crippen LogP contribution in [-0.4, -0.2) is 36.9 Å². The molecule has 2 aromatic carbocycles. The number of Topliss-reactive ketones (excluding diaryl/α,β-unsaturated/α-hetero) is 1. The third kappa shape index (κ3) is 2.80. The smallest absolute Gasteiger partial charge is 0.191 e. The van der Waals surface area contributed by atoms with Crippen molar-refractivity contribution in [1.29, 1.82) is 0 Å². The van der Waals surface area contributed by atoms with Gasteiger partial charge in [-0.1, -0.05) is 24.3 Å². The minimum Gasteiger partial charge on any atom is -0.373 e. The number of halogens is 1. The number of piperazine rings is 1. The van der Waals surface area contributed by atoms with E-state index in [0.29, 0.717) is 12.0 Å². The molecule has 122 valence electrons. The van der Waals surface area contributed by atoms with E-state index in [1.807, 2.05) is 12.3 Å². The van der Waals surface area contributed by atoms with Crippen molar-refractivity contribution in [1.82, 2.24) is 4.90 Å². The fourth-order valence-electron chi connectivity index (χ4n) is 3.45. The van der Waals surface area contributed by atoms with Gasteiger partial charge in [0.1, 0.15) is 5.82 Å². The molecule has 4 heteroatoms. The monoisotopic (exact) mass is 322 g/mol. The maximum atomic E-state index is 13.3. The van der Waals surface area contributed by atoms with E-state index < -0.39 is 0 Å². The summed E-state index contributed by atoms with van der Waals surface area (Å²) in [5.41, 5.74) is 3.45. The van der Waals surface area contributed by atoms with Crippen LogP contribution in [-0.2, 0) is 6.42 Å². The minimum absolute atomic E-state index is 0.0324. The van der Waals surface area contributed by atoms with Crippen LogP contribution in [0.4, 0.5) is 10.1 Å². The van der Waals surface area contributed by atoms with Crippen molar-refractivity contribution in [2.75, 3.05) is 31.1 Å². The van der Waals surface area contributed by atoms with E-state index in [9.17, 15) is 9.18 Å². The molecule has 0 unspecified atom stereocenters. The van der Waals surface area contributed by atoms with Crippen molar-refractivity contribution in [3.63, 3.8) is 0 Å². The second-order valence-electron chi connectivity index (χ2n) is 6.32. The van der Waals surface area contributed by atoms with Gasteiger partial charge < -0.3 is 9.80 Å². The molecule has 1 aliphatic carbocycles. The summed E-state index contributed by atoms with van der Waals surface area (Å²) in [5.74, 6) is -0.380. The highest BCUT2D eigenvalue weighted by Gasteiger charge is 2.26. The molecular formula is C20H19FN2O. The molecule has 0 aromatic heterocycles. The van der Waals surface area contributed by atoms with E-state index in [-0.39, 0.29) is 11.6 Å². The average molecular weight is 322 g/mol. The highest BCUT2D eigenvalue weighted by molar-refractivity contribution is 6.13. The number of para-hydroxylation sites is 1. The van der Waals surface area contributed by atoms with Gasteiger partial charge in [0.2, 0.25) is 0 Å². The zero-order valence-electron chi connectivity index (χ0n) is 13.4. The molecule has 0 N–H and O–H groups in total. The molecule has 0 bridgehead atoms. The Hall–Kier alpha value is -2.62. The number of ketones is 1. The summed E-state index contributed by atoms with van der Waals surface area (Å²) >= 11 is 0. The maximum Gasteiger partial charge on any atom is 0.191 e. The lowest BCUT2D eigenvalue weighted by molar-refractivity contribution is 0.103. The Morgan fingerprint density at radius 1 is 0.958 bits per heavy atom. The van der Waals surface area contributed by atoms with Gasteiger partial charge in [-0.15, -0.1) is 0 Å². The van der Waals surface area contributed by atoms with Crippen LogP contribution in [0.1, 0.15) is 15.9 Å². The van der Waals surface area contributed by atoms with E-state index in [0.717, 1.165) is 37.3 Å². The Morgan fingerprint density at radius 2 is 1.71 bits per heavy atom. The Labute approximate surface area is 141 Å². The minimum atomic E-state index is -0.347. The summed E-state index contributed by atoms with van der Waals surface area (Å²) in [6.07, 6.45) is 2.58. The molecule has 0 radical (unpaired) electrons. The van der Waals surface area contributed by atoms with Crippen LogP contribution in [0.3, 0.4) is 0 Å². The van der Waals surface area contributed by atoms with Gasteiger partial charge in [-0.05, 0) is 29.8 Å². The van der Waals surface area contributed by atoms with Gasteiger partial charge in [0, 0.05) is 55.6 Å². The number of anilines is 1. The summed E-state index contributed by atoms with van der Waals surface area (Å²) < 4.78 is 13.3. The number of carbonyl (C=O) groups excluding carboxylic acids is 1. The molecule has 4 rings (SSSR count). The summed E-state index contributed by atoms with van der Waals surface area (Å²) in [5, 5.41) is 0. The first-order valence-corrected chi connectivity index (χ1v) is 8.28. The fraction of sp³-hybridized carbons (Fsp3) is 0.250. The molecule has 0 amide bonds. The van der Waals surface area contributed by atoms with Gasteiger partial charge in [-0.2, -0.15) is 0 Å². The predicted molar refractivity (Wildman–Crippen MR) is 92.7 cm³/mol. The van der Waals surface area contributed by atoms with Crippen molar-refractivity contribution in [2.24, 2.45) is 0 Å². The van der Waals surface area contributed by atoms with Gasteiger partial charge >= 0.3 is 0 Å². The van der Waals surface area contributed by atoms with Crippen LogP contribution in [0, 0.1) is 5.82 Å². The van der Waals surface area contributed by atoms with E-state index in [4.69, 9.17) is 0 Å². The number of hydrogen-bond acceptors (Lipinski definition) is 3. The zero-order chi connectivity index (χ0) is 16.5. The Bertz CT molecular complexity index is 793. The lowest BCUT2D eigenvalue weighted by Gasteiger charge is -2.35. The molecule has 2 aliphatic rings. The molecule has 1 aliphatic heterocycles. The van der Waals surface area contributed by atoms with Gasteiger partial charge in [-0.25, -0.2) is 4.39 Å². The highest BCUT2D eigenvalue weighted by atomic mass is 19.1. The van der Waals surface area contributed by atoms with Crippen LogP contribution < -0.4 is 4.90 Å². The molecule has 1 fully saturated rings. The quantitative estimate of drug-likeness (QED) is 0.793.